The van der Waals surface area contributed by atoms with Crippen LogP contribution < -0.4 is 0 Å². The van der Waals surface area contributed by atoms with Crippen molar-refractivity contribution in [3.63, 3.8) is 0 Å². The molecule has 0 bridgehead atoms. The third-order valence-corrected chi connectivity index (χ3v) is 11.8. The lowest BCUT2D eigenvalue weighted by atomic mass is 10.00. The Balaban J connectivity index is 2.40. The zero-order chi connectivity index (χ0) is 43.4. The van der Waals surface area contributed by atoms with Crippen LogP contribution in [0.1, 0.15) is 213 Å². The molecule has 1 heterocycles. The molecule has 0 amide bonds. The lowest BCUT2D eigenvalue weighted by molar-refractivity contribution is -0.297. The summed E-state index contributed by atoms with van der Waals surface area (Å²) in [6.07, 6.45) is 29.7. The first-order valence-corrected chi connectivity index (χ1v) is 25.4. The number of aliphatic hydroxyl groups is 3. The van der Waals surface area contributed by atoms with Gasteiger partial charge in [-0.1, -0.05) is 174 Å². The van der Waals surface area contributed by atoms with E-state index in [0.29, 0.717) is 12.8 Å². The van der Waals surface area contributed by atoms with Gasteiger partial charge in [0.1, 0.15) is 36.8 Å². The highest BCUT2D eigenvalue weighted by Crippen LogP contribution is 2.24. The molecule has 13 heteroatoms. The van der Waals surface area contributed by atoms with Crippen LogP contribution in [0.3, 0.4) is 0 Å². The predicted molar refractivity (Wildman–Crippen MR) is 234 cm³/mol. The molecular weight excluding hydrogens is 777 g/mol. The number of rotatable bonds is 40. The highest BCUT2D eigenvalue weighted by Gasteiger charge is 2.46. The summed E-state index contributed by atoms with van der Waals surface area (Å²) in [6, 6.07) is 0. The second-order valence-electron chi connectivity index (χ2n) is 16.8. The number of hydrogen-bond acceptors (Lipinski definition) is 11. The van der Waals surface area contributed by atoms with E-state index in [1.54, 1.807) is 0 Å². The van der Waals surface area contributed by atoms with Crippen molar-refractivity contribution in [2.24, 2.45) is 0 Å². The van der Waals surface area contributed by atoms with Crippen LogP contribution in [-0.2, 0) is 38.7 Å². The molecule has 2 unspecified atom stereocenters. The minimum absolute atomic E-state index is 0.158. The Morgan fingerprint density at radius 1 is 0.559 bits per heavy atom. The zero-order valence-electron chi connectivity index (χ0n) is 37.1. The normalized spacial score (nSPS) is 20.3. The van der Waals surface area contributed by atoms with Gasteiger partial charge in [-0.3, -0.25) is 14.1 Å². The van der Waals surface area contributed by atoms with Crippen LogP contribution in [0.2, 0.25) is 0 Å². The molecule has 1 saturated heterocycles. The van der Waals surface area contributed by atoms with Crippen molar-refractivity contribution in [2.45, 2.75) is 250 Å². The summed E-state index contributed by atoms with van der Waals surface area (Å²) < 4.78 is 54.1. The summed E-state index contributed by atoms with van der Waals surface area (Å²) in [6.45, 7) is 3.76. The van der Waals surface area contributed by atoms with Gasteiger partial charge in [-0.15, -0.1) is 0 Å². The van der Waals surface area contributed by atoms with E-state index in [4.69, 9.17) is 18.9 Å². The van der Waals surface area contributed by atoms with Crippen molar-refractivity contribution in [1.29, 1.82) is 0 Å². The molecule has 0 aromatic carbocycles. The third kappa shape index (κ3) is 31.8. The van der Waals surface area contributed by atoms with Crippen molar-refractivity contribution in [3.8, 4) is 0 Å². The fourth-order valence-corrected chi connectivity index (χ4v) is 8.07. The Labute approximate surface area is 358 Å². The lowest BCUT2D eigenvalue weighted by Crippen LogP contribution is -2.60. The lowest BCUT2D eigenvalue weighted by Gasteiger charge is -2.40. The van der Waals surface area contributed by atoms with Gasteiger partial charge < -0.3 is 34.3 Å². The average Bonchev–Trinajstić information content (AvgIpc) is 3.20. The van der Waals surface area contributed by atoms with Gasteiger partial charge in [0.05, 0.1) is 6.61 Å². The van der Waals surface area contributed by atoms with Crippen LogP contribution in [0.25, 0.3) is 0 Å². The molecular formula is C46H86O12S. The average molecular weight is 863 g/mol. The molecule has 0 aromatic rings. The van der Waals surface area contributed by atoms with E-state index >= 15 is 0 Å². The van der Waals surface area contributed by atoms with Gasteiger partial charge in [0.15, 0.2) is 12.4 Å². The van der Waals surface area contributed by atoms with Gasteiger partial charge in [0, 0.05) is 12.8 Å². The largest absolute Gasteiger partial charge is 0.462 e. The first-order valence-electron chi connectivity index (χ1n) is 23.7. The second kappa shape index (κ2) is 37.0. The summed E-state index contributed by atoms with van der Waals surface area (Å²) in [4.78, 5) is 25.4. The van der Waals surface area contributed by atoms with E-state index in [-0.39, 0.29) is 19.4 Å². The van der Waals surface area contributed by atoms with Gasteiger partial charge >= 0.3 is 11.9 Å². The Bertz CT molecular complexity index is 1150. The van der Waals surface area contributed by atoms with E-state index in [1.807, 2.05) is 0 Å². The van der Waals surface area contributed by atoms with Crippen molar-refractivity contribution in [3.05, 3.63) is 12.2 Å². The zero-order valence-corrected chi connectivity index (χ0v) is 37.9. The quantitative estimate of drug-likeness (QED) is 0.0198. The summed E-state index contributed by atoms with van der Waals surface area (Å²) in [5, 5.41) is 30.9. The van der Waals surface area contributed by atoms with Crippen LogP contribution in [-0.4, -0.2) is 96.0 Å². The number of allylic oxidation sites excluding steroid dienone is 2. The van der Waals surface area contributed by atoms with Crippen LogP contribution in [0.4, 0.5) is 0 Å². The molecule has 0 saturated carbocycles. The van der Waals surface area contributed by atoms with Crippen molar-refractivity contribution >= 4 is 22.1 Å². The molecule has 12 nitrogen and oxygen atoms in total. The summed E-state index contributed by atoms with van der Waals surface area (Å²) in [7, 11) is -4.60. The van der Waals surface area contributed by atoms with E-state index in [1.165, 1.54) is 116 Å². The number of unbranched alkanes of at least 4 members (excludes halogenated alkanes) is 26. The van der Waals surface area contributed by atoms with E-state index in [9.17, 15) is 37.9 Å². The maximum absolute atomic E-state index is 12.8. The first-order chi connectivity index (χ1) is 28.5. The molecule has 6 atom stereocenters. The number of ether oxygens (including phenoxy) is 4. The van der Waals surface area contributed by atoms with E-state index < -0.39 is 71.2 Å². The molecule has 0 aromatic heterocycles. The number of carbonyl (C=O) groups is 2. The topological polar surface area (TPSA) is 186 Å². The smallest absolute Gasteiger partial charge is 0.306 e. The summed E-state index contributed by atoms with van der Waals surface area (Å²) in [5.74, 6) is -1.98. The van der Waals surface area contributed by atoms with E-state index in [2.05, 4.69) is 26.0 Å². The first kappa shape index (κ1) is 55.4. The third-order valence-electron chi connectivity index (χ3n) is 11.1. The number of hydrogen-bond donors (Lipinski definition) is 4. The molecule has 1 aliphatic heterocycles. The molecule has 1 fully saturated rings. The number of esters is 2. The summed E-state index contributed by atoms with van der Waals surface area (Å²) >= 11 is 0. The maximum Gasteiger partial charge on any atom is 0.306 e. The van der Waals surface area contributed by atoms with Crippen molar-refractivity contribution in [1.82, 2.24) is 0 Å². The number of aliphatic hydroxyl groups excluding tert-OH is 3. The SMILES string of the molecule is CCCCCC/C=C/CCCCCCCC(=O)O[C@H](COC(=O)CCCCCCCCCCCCCCCCCCCC)CO[C@H]1O[C@H](CS(=O)(=O)O)[C@@H](O)C(O)C1O. The Morgan fingerprint density at radius 2 is 0.966 bits per heavy atom. The monoisotopic (exact) mass is 863 g/mol. The van der Waals surface area contributed by atoms with Gasteiger partial charge in [-0.05, 0) is 38.5 Å². The number of carbonyl (C=O) groups excluding carboxylic acids is 2. The van der Waals surface area contributed by atoms with Crippen LogP contribution in [0.5, 0.6) is 0 Å². The Morgan fingerprint density at radius 3 is 1.42 bits per heavy atom. The summed E-state index contributed by atoms with van der Waals surface area (Å²) in [5.41, 5.74) is 0. The molecule has 4 N–H and O–H groups in total. The minimum atomic E-state index is -4.60. The molecule has 1 aliphatic rings. The van der Waals surface area contributed by atoms with E-state index in [0.717, 1.165) is 57.8 Å². The molecule has 0 radical (unpaired) electrons. The van der Waals surface area contributed by atoms with Gasteiger partial charge in [0.2, 0.25) is 0 Å². The van der Waals surface area contributed by atoms with Crippen LogP contribution >= 0.6 is 0 Å². The van der Waals surface area contributed by atoms with Crippen molar-refractivity contribution in [2.75, 3.05) is 19.0 Å². The molecule has 0 spiro atoms. The predicted octanol–water partition coefficient (Wildman–Crippen LogP) is 9.84. The van der Waals surface area contributed by atoms with Gasteiger partial charge in [-0.25, -0.2) is 0 Å². The van der Waals surface area contributed by atoms with Gasteiger partial charge in [0.25, 0.3) is 10.1 Å². The molecule has 348 valence electrons. The highest BCUT2D eigenvalue weighted by molar-refractivity contribution is 7.85. The maximum atomic E-state index is 12.8. The standard InChI is InChI=1S/C46H86O12S/c1-3-5-7-9-11-13-15-17-18-19-20-21-23-24-26-28-30-32-34-41(47)55-36-39(37-56-46-45(51)44(50)43(49)40(58-46)38-59(52,53)54)57-42(48)35-33-31-29-27-25-22-16-14-12-10-8-6-4-2/h14,16,39-40,43-46,49-51H,3-13,15,17-38H2,1-2H3,(H,52,53,54)/b16-14+/t39-,40-,43-,44?,45?,46+/m1/s1. The second-order valence-corrected chi connectivity index (χ2v) is 18.3. The Kier molecular flexibility index (Phi) is 34.7. The van der Waals surface area contributed by atoms with Crippen molar-refractivity contribution < 1.29 is 56.8 Å². The minimum Gasteiger partial charge on any atom is -0.462 e. The van der Waals surface area contributed by atoms with Crippen LogP contribution in [0, 0.1) is 0 Å². The van der Waals surface area contributed by atoms with Crippen LogP contribution in [0.15, 0.2) is 12.2 Å². The molecule has 0 aliphatic carbocycles. The fraction of sp³-hybridized carbons (Fsp3) is 0.913. The molecule has 59 heavy (non-hydrogen) atoms. The van der Waals surface area contributed by atoms with Gasteiger partial charge in [-0.2, -0.15) is 8.42 Å². The Hall–Kier alpha value is -1.61. The highest BCUT2D eigenvalue weighted by atomic mass is 32.2. The molecule has 1 rings (SSSR count). The fourth-order valence-electron chi connectivity index (χ4n) is 7.38.